The maximum atomic E-state index is 10.9. The number of rotatable bonds is 1. The van der Waals surface area contributed by atoms with E-state index < -0.39 is 0 Å². The Morgan fingerprint density at radius 1 is 1.32 bits per heavy atom. The summed E-state index contributed by atoms with van der Waals surface area (Å²) in [6.07, 6.45) is 0.816. The lowest BCUT2D eigenvalue weighted by molar-refractivity contribution is -0.140. The molecule has 2 aromatic rings. The molecule has 0 radical (unpaired) electrons. The van der Waals surface area contributed by atoms with Gasteiger partial charge in [0.15, 0.2) is 0 Å². The van der Waals surface area contributed by atoms with Crippen LogP contribution in [0.1, 0.15) is 30.3 Å². The molecule has 3 rings (SSSR count). The lowest BCUT2D eigenvalue weighted by Gasteiger charge is -2.07. The second kappa shape index (κ2) is 4.54. The van der Waals surface area contributed by atoms with E-state index in [1.165, 1.54) is 23.3 Å². The second-order valence-electron chi connectivity index (χ2n) is 4.98. The van der Waals surface area contributed by atoms with Gasteiger partial charge in [0.05, 0.1) is 5.71 Å². The summed E-state index contributed by atoms with van der Waals surface area (Å²) >= 11 is 0. The minimum atomic E-state index is -0.381. The van der Waals surface area contributed by atoms with E-state index in [9.17, 15) is 4.79 Å². The molecule has 0 spiro atoms. The highest BCUT2D eigenvalue weighted by Gasteiger charge is 2.26. The largest absolute Gasteiger partial charge is 0.331 e. The molecule has 3 nitrogen and oxygen atoms in total. The highest BCUT2D eigenvalue weighted by atomic mass is 16.7. The molecular weight excluding hydrogens is 237 g/mol. The molecule has 0 N–H and O–H groups in total. The van der Waals surface area contributed by atoms with Crippen LogP contribution in [0.2, 0.25) is 0 Å². The van der Waals surface area contributed by atoms with Gasteiger partial charge in [0.1, 0.15) is 7.85 Å². The lowest BCUT2D eigenvalue weighted by atomic mass is 9.82. The highest BCUT2D eigenvalue weighted by Crippen LogP contribution is 2.36. The standard InChI is InChI=1S/C15H14BNO2/c1-9(18)19-17-14-8-13(16)12-7-6-10-4-2-3-5-11(10)15(12)14/h2-7,13H,8,16H2,1H3/b17-14+. The smallest absolute Gasteiger partial charge is 0.318 e. The minimum absolute atomic E-state index is 0.381. The molecule has 0 aliphatic heterocycles. The van der Waals surface area contributed by atoms with Crippen LogP contribution in [-0.2, 0) is 9.63 Å². The Hall–Kier alpha value is -2.10. The number of fused-ring (bicyclic) bond motifs is 3. The number of carbonyl (C=O) groups excluding carboxylic acids is 1. The SMILES string of the molecule is BC1C/C(=N\OC(C)=O)c2c1ccc1ccccc21. The van der Waals surface area contributed by atoms with E-state index in [0.717, 1.165) is 17.7 Å². The lowest BCUT2D eigenvalue weighted by Crippen LogP contribution is -2.00. The summed E-state index contributed by atoms with van der Waals surface area (Å²) in [4.78, 5) is 15.8. The van der Waals surface area contributed by atoms with Gasteiger partial charge in [0, 0.05) is 12.5 Å². The monoisotopic (exact) mass is 251 g/mol. The Kier molecular flexibility index (Phi) is 2.86. The molecule has 1 atom stereocenters. The number of nitrogens with zero attached hydrogens (tertiary/aromatic N) is 1. The van der Waals surface area contributed by atoms with Crippen LogP contribution in [-0.4, -0.2) is 19.5 Å². The molecule has 0 aromatic heterocycles. The molecule has 0 bridgehead atoms. The maximum Gasteiger partial charge on any atom is 0.331 e. The third-order valence-electron chi connectivity index (χ3n) is 3.56. The average Bonchev–Trinajstić information content (AvgIpc) is 2.73. The Bertz CT molecular complexity index is 694. The molecule has 1 aliphatic carbocycles. The zero-order chi connectivity index (χ0) is 13.4. The molecule has 94 valence electrons. The van der Waals surface area contributed by atoms with Crippen LogP contribution >= 0.6 is 0 Å². The van der Waals surface area contributed by atoms with Gasteiger partial charge >= 0.3 is 5.97 Å². The third kappa shape index (κ3) is 2.03. The number of benzene rings is 2. The maximum absolute atomic E-state index is 10.9. The van der Waals surface area contributed by atoms with Crippen LogP contribution in [0.15, 0.2) is 41.6 Å². The fraction of sp³-hybridized carbons (Fsp3) is 0.200. The van der Waals surface area contributed by atoms with E-state index in [4.69, 9.17) is 4.84 Å². The molecule has 1 aliphatic rings. The van der Waals surface area contributed by atoms with E-state index in [0.29, 0.717) is 5.82 Å². The second-order valence-corrected chi connectivity index (χ2v) is 4.98. The number of carbonyl (C=O) groups is 1. The fourth-order valence-electron chi connectivity index (χ4n) is 2.73. The van der Waals surface area contributed by atoms with E-state index in [1.807, 2.05) is 12.1 Å². The van der Waals surface area contributed by atoms with Gasteiger partial charge in [-0.25, -0.2) is 4.79 Å². The van der Waals surface area contributed by atoms with Crippen LogP contribution in [0.5, 0.6) is 0 Å². The van der Waals surface area contributed by atoms with Gasteiger partial charge in [-0.1, -0.05) is 41.6 Å². The van der Waals surface area contributed by atoms with Crippen LogP contribution in [0.25, 0.3) is 10.8 Å². The fourth-order valence-corrected chi connectivity index (χ4v) is 2.73. The molecule has 2 aromatic carbocycles. The molecule has 0 saturated heterocycles. The summed E-state index contributed by atoms with van der Waals surface area (Å²) < 4.78 is 0. The molecule has 0 amide bonds. The summed E-state index contributed by atoms with van der Waals surface area (Å²) in [5.41, 5.74) is 3.28. The first-order chi connectivity index (χ1) is 9.16. The molecule has 0 fully saturated rings. The van der Waals surface area contributed by atoms with Gasteiger partial charge in [-0.3, -0.25) is 0 Å². The van der Waals surface area contributed by atoms with Crippen molar-refractivity contribution in [1.29, 1.82) is 0 Å². The zero-order valence-corrected chi connectivity index (χ0v) is 11.0. The average molecular weight is 251 g/mol. The van der Waals surface area contributed by atoms with Gasteiger partial charge in [-0.2, -0.15) is 0 Å². The first kappa shape index (κ1) is 12.0. The molecule has 0 heterocycles. The summed E-state index contributed by atoms with van der Waals surface area (Å²) in [5.74, 6) is 0.0303. The summed E-state index contributed by atoms with van der Waals surface area (Å²) in [5, 5.41) is 6.39. The topological polar surface area (TPSA) is 38.7 Å². The van der Waals surface area contributed by atoms with Crippen molar-refractivity contribution in [3.63, 3.8) is 0 Å². The molecular formula is C15H14BNO2. The van der Waals surface area contributed by atoms with Crippen LogP contribution in [0.3, 0.4) is 0 Å². The number of hydrogen-bond donors (Lipinski definition) is 0. The highest BCUT2D eigenvalue weighted by molar-refractivity contribution is 6.23. The van der Waals surface area contributed by atoms with Gasteiger partial charge < -0.3 is 4.84 Å². The van der Waals surface area contributed by atoms with Crippen molar-refractivity contribution < 1.29 is 9.63 Å². The van der Waals surface area contributed by atoms with Crippen molar-refractivity contribution in [2.45, 2.75) is 19.2 Å². The predicted molar refractivity (Wildman–Crippen MR) is 78.2 cm³/mol. The van der Waals surface area contributed by atoms with Crippen LogP contribution in [0, 0.1) is 0 Å². The van der Waals surface area contributed by atoms with Gasteiger partial charge in [-0.15, -0.1) is 0 Å². The van der Waals surface area contributed by atoms with E-state index in [2.05, 4.69) is 37.3 Å². The number of oxime groups is 1. The normalized spacial score (nSPS) is 19.6. The van der Waals surface area contributed by atoms with Crippen molar-refractivity contribution >= 4 is 30.3 Å². The molecule has 4 heteroatoms. The summed E-state index contributed by atoms with van der Waals surface area (Å²) in [7, 11) is 2.17. The van der Waals surface area contributed by atoms with Crippen molar-refractivity contribution in [3.05, 3.63) is 47.5 Å². The van der Waals surface area contributed by atoms with E-state index in [-0.39, 0.29) is 5.97 Å². The quantitative estimate of drug-likeness (QED) is 0.442. The Morgan fingerprint density at radius 2 is 2.11 bits per heavy atom. The zero-order valence-electron chi connectivity index (χ0n) is 11.0. The van der Waals surface area contributed by atoms with Crippen molar-refractivity contribution in [3.8, 4) is 0 Å². The Morgan fingerprint density at radius 3 is 2.89 bits per heavy atom. The number of hydrogen-bond acceptors (Lipinski definition) is 3. The van der Waals surface area contributed by atoms with Crippen molar-refractivity contribution in [1.82, 2.24) is 0 Å². The van der Waals surface area contributed by atoms with Gasteiger partial charge in [-0.05, 0) is 28.6 Å². The van der Waals surface area contributed by atoms with Crippen LogP contribution < -0.4 is 0 Å². The Balaban J connectivity index is 2.20. The van der Waals surface area contributed by atoms with Crippen LogP contribution in [0.4, 0.5) is 0 Å². The summed E-state index contributed by atoms with van der Waals surface area (Å²) in [6, 6.07) is 12.5. The Labute approximate surface area is 112 Å². The predicted octanol–water partition coefficient (Wildman–Crippen LogP) is 2.18. The van der Waals surface area contributed by atoms with E-state index in [1.54, 1.807) is 0 Å². The van der Waals surface area contributed by atoms with Gasteiger partial charge in [0.2, 0.25) is 0 Å². The first-order valence-electron chi connectivity index (χ1n) is 6.43. The van der Waals surface area contributed by atoms with Crippen molar-refractivity contribution in [2.75, 3.05) is 0 Å². The summed E-state index contributed by atoms with van der Waals surface area (Å²) in [6.45, 7) is 1.37. The molecule has 1 unspecified atom stereocenters. The molecule has 19 heavy (non-hydrogen) atoms. The molecule has 0 saturated carbocycles. The third-order valence-corrected chi connectivity index (χ3v) is 3.56. The van der Waals surface area contributed by atoms with E-state index >= 15 is 0 Å². The van der Waals surface area contributed by atoms with Gasteiger partial charge in [0.25, 0.3) is 0 Å². The first-order valence-corrected chi connectivity index (χ1v) is 6.43. The van der Waals surface area contributed by atoms with Crippen molar-refractivity contribution in [2.24, 2.45) is 5.16 Å². The minimum Gasteiger partial charge on any atom is -0.318 e.